The van der Waals surface area contributed by atoms with Crippen LogP contribution >= 0.6 is 0 Å². The highest BCUT2D eigenvalue weighted by Gasteiger charge is 2.15. The summed E-state index contributed by atoms with van der Waals surface area (Å²) in [4.78, 5) is 27.4. The predicted molar refractivity (Wildman–Crippen MR) is 97.3 cm³/mol. The third-order valence-electron chi connectivity index (χ3n) is 4.14. The summed E-state index contributed by atoms with van der Waals surface area (Å²) < 4.78 is 0. The number of hydrogen-bond donors (Lipinski definition) is 3. The molecule has 3 rings (SSSR count). The maximum absolute atomic E-state index is 12.4. The third kappa shape index (κ3) is 4.14. The lowest BCUT2D eigenvalue weighted by Crippen LogP contribution is -2.32. The Balaban J connectivity index is 1.77. The molecule has 0 bridgehead atoms. The van der Waals surface area contributed by atoms with E-state index in [1.807, 2.05) is 54.6 Å². The first kappa shape index (κ1) is 16.9. The van der Waals surface area contributed by atoms with Gasteiger partial charge in [0.05, 0.1) is 12.5 Å². The van der Waals surface area contributed by atoms with Crippen LogP contribution in [-0.2, 0) is 11.2 Å². The van der Waals surface area contributed by atoms with Gasteiger partial charge in [0.1, 0.15) is 0 Å². The van der Waals surface area contributed by atoms with E-state index in [4.69, 9.17) is 0 Å². The second kappa shape index (κ2) is 7.77. The number of aliphatic hydroxyl groups excluding tert-OH is 1. The van der Waals surface area contributed by atoms with E-state index in [0.717, 1.165) is 16.5 Å². The first-order chi connectivity index (χ1) is 12.2. The van der Waals surface area contributed by atoms with Gasteiger partial charge in [0, 0.05) is 17.7 Å². The van der Waals surface area contributed by atoms with Gasteiger partial charge < -0.3 is 15.4 Å². The van der Waals surface area contributed by atoms with E-state index in [-0.39, 0.29) is 30.5 Å². The number of H-pyrrole nitrogens is 1. The number of hydrogen-bond acceptors (Lipinski definition) is 3. The van der Waals surface area contributed by atoms with E-state index in [2.05, 4.69) is 10.3 Å². The van der Waals surface area contributed by atoms with Crippen molar-refractivity contribution in [3.8, 4) is 0 Å². The second-order valence-corrected chi connectivity index (χ2v) is 5.93. The molecule has 1 aromatic heterocycles. The maximum Gasteiger partial charge on any atom is 0.252 e. The Bertz CT molecular complexity index is 919. The third-order valence-corrected chi connectivity index (χ3v) is 4.14. The number of para-hydroxylation sites is 1. The minimum atomic E-state index is -0.279. The van der Waals surface area contributed by atoms with E-state index in [0.29, 0.717) is 12.0 Å². The summed E-state index contributed by atoms with van der Waals surface area (Å²) in [6.45, 7) is -0.0314. The van der Waals surface area contributed by atoms with Crippen molar-refractivity contribution in [1.82, 2.24) is 10.3 Å². The molecular formula is C20H20N2O3. The number of benzene rings is 2. The fraction of sp³-hybridized carbons (Fsp3) is 0.200. The number of rotatable bonds is 6. The Hall–Kier alpha value is -2.92. The SMILES string of the molecule is O=C(Cc1cc2ccccc2[nH]c1=O)NC(CCO)c1ccccc1. The van der Waals surface area contributed by atoms with Gasteiger partial charge >= 0.3 is 0 Å². The first-order valence-electron chi connectivity index (χ1n) is 8.23. The minimum Gasteiger partial charge on any atom is -0.396 e. The number of fused-ring (bicyclic) bond motifs is 1. The van der Waals surface area contributed by atoms with Gasteiger partial charge in [-0.2, -0.15) is 0 Å². The minimum absolute atomic E-state index is 0.00503. The molecule has 0 radical (unpaired) electrons. The molecule has 1 heterocycles. The Morgan fingerprint density at radius 3 is 2.56 bits per heavy atom. The number of aliphatic hydroxyl groups is 1. The van der Waals surface area contributed by atoms with Crippen molar-refractivity contribution in [2.45, 2.75) is 18.9 Å². The number of carbonyl (C=O) groups excluding carboxylic acids is 1. The van der Waals surface area contributed by atoms with Crippen LogP contribution in [0.25, 0.3) is 10.9 Å². The van der Waals surface area contributed by atoms with E-state index < -0.39 is 0 Å². The molecule has 5 nitrogen and oxygen atoms in total. The fourth-order valence-corrected chi connectivity index (χ4v) is 2.88. The molecule has 1 atom stereocenters. The average molecular weight is 336 g/mol. The molecule has 1 amide bonds. The van der Waals surface area contributed by atoms with Crippen LogP contribution in [0, 0.1) is 0 Å². The van der Waals surface area contributed by atoms with Gasteiger partial charge in [-0.25, -0.2) is 0 Å². The van der Waals surface area contributed by atoms with Gasteiger partial charge in [-0.05, 0) is 29.5 Å². The van der Waals surface area contributed by atoms with E-state index in [1.54, 1.807) is 6.07 Å². The molecule has 0 aliphatic rings. The summed E-state index contributed by atoms with van der Waals surface area (Å²) in [5, 5.41) is 13.1. The number of nitrogens with one attached hydrogen (secondary N) is 2. The predicted octanol–water partition coefficient (Wildman–Crippen LogP) is 2.31. The molecule has 128 valence electrons. The van der Waals surface area contributed by atoms with Crippen LogP contribution < -0.4 is 10.9 Å². The lowest BCUT2D eigenvalue weighted by atomic mass is 10.0. The van der Waals surface area contributed by atoms with E-state index in [1.165, 1.54) is 0 Å². The smallest absolute Gasteiger partial charge is 0.252 e. The highest BCUT2D eigenvalue weighted by Crippen LogP contribution is 2.16. The largest absolute Gasteiger partial charge is 0.396 e. The molecule has 3 N–H and O–H groups in total. The molecule has 3 aromatic rings. The molecule has 1 unspecified atom stereocenters. The van der Waals surface area contributed by atoms with Crippen molar-refractivity contribution in [1.29, 1.82) is 0 Å². The lowest BCUT2D eigenvalue weighted by molar-refractivity contribution is -0.121. The van der Waals surface area contributed by atoms with Gasteiger partial charge in [0.2, 0.25) is 5.91 Å². The molecule has 5 heteroatoms. The quantitative estimate of drug-likeness (QED) is 0.646. The van der Waals surface area contributed by atoms with Crippen molar-refractivity contribution in [2.24, 2.45) is 0 Å². The summed E-state index contributed by atoms with van der Waals surface area (Å²) in [6.07, 6.45) is 0.415. The van der Waals surface area contributed by atoms with Gasteiger partial charge in [0.25, 0.3) is 5.56 Å². The van der Waals surface area contributed by atoms with Crippen LogP contribution in [0.4, 0.5) is 0 Å². The lowest BCUT2D eigenvalue weighted by Gasteiger charge is -2.18. The first-order valence-corrected chi connectivity index (χ1v) is 8.23. The Kier molecular flexibility index (Phi) is 5.26. The normalized spacial score (nSPS) is 12.0. The number of aromatic amines is 1. The Morgan fingerprint density at radius 1 is 1.08 bits per heavy atom. The summed E-state index contributed by atoms with van der Waals surface area (Å²) in [5.74, 6) is -0.247. The molecule has 0 fully saturated rings. The number of amides is 1. The monoisotopic (exact) mass is 336 g/mol. The molecular weight excluding hydrogens is 316 g/mol. The average Bonchev–Trinajstić information content (AvgIpc) is 2.63. The van der Waals surface area contributed by atoms with Crippen LogP contribution in [0.2, 0.25) is 0 Å². The van der Waals surface area contributed by atoms with Gasteiger partial charge in [-0.1, -0.05) is 48.5 Å². The number of carbonyl (C=O) groups is 1. The fourth-order valence-electron chi connectivity index (χ4n) is 2.88. The van der Waals surface area contributed by atoms with E-state index >= 15 is 0 Å². The van der Waals surface area contributed by atoms with Crippen molar-refractivity contribution in [2.75, 3.05) is 6.61 Å². The van der Waals surface area contributed by atoms with Crippen LogP contribution in [0.1, 0.15) is 23.6 Å². The van der Waals surface area contributed by atoms with Crippen molar-refractivity contribution >= 4 is 16.8 Å². The van der Waals surface area contributed by atoms with Gasteiger partial charge in [-0.15, -0.1) is 0 Å². The molecule has 0 saturated carbocycles. The van der Waals surface area contributed by atoms with Crippen LogP contribution in [0.3, 0.4) is 0 Å². The van der Waals surface area contributed by atoms with Crippen molar-refractivity contribution < 1.29 is 9.90 Å². The highest BCUT2D eigenvalue weighted by atomic mass is 16.3. The zero-order valence-corrected chi connectivity index (χ0v) is 13.7. The molecule has 0 spiro atoms. The van der Waals surface area contributed by atoms with Crippen LogP contribution in [0.15, 0.2) is 65.5 Å². The zero-order valence-electron chi connectivity index (χ0n) is 13.7. The van der Waals surface area contributed by atoms with Crippen LogP contribution in [0.5, 0.6) is 0 Å². The topological polar surface area (TPSA) is 82.2 Å². The number of pyridine rings is 1. The molecule has 0 aliphatic heterocycles. The second-order valence-electron chi connectivity index (χ2n) is 5.93. The summed E-state index contributed by atoms with van der Waals surface area (Å²) in [5.41, 5.74) is 1.84. The highest BCUT2D eigenvalue weighted by molar-refractivity contribution is 5.82. The number of aromatic nitrogens is 1. The summed E-state index contributed by atoms with van der Waals surface area (Å²) in [6, 6.07) is 18.4. The molecule has 2 aromatic carbocycles. The molecule has 25 heavy (non-hydrogen) atoms. The zero-order chi connectivity index (χ0) is 17.6. The summed E-state index contributed by atoms with van der Waals surface area (Å²) >= 11 is 0. The summed E-state index contributed by atoms with van der Waals surface area (Å²) in [7, 11) is 0. The molecule has 0 aliphatic carbocycles. The van der Waals surface area contributed by atoms with Crippen molar-refractivity contribution in [3.05, 3.63) is 82.1 Å². The van der Waals surface area contributed by atoms with Gasteiger partial charge in [-0.3, -0.25) is 9.59 Å². The standard InChI is InChI=1S/C20H20N2O3/c23-11-10-18(14-6-2-1-3-7-14)21-19(24)13-16-12-15-8-4-5-9-17(15)22-20(16)25/h1-9,12,18,23H,10-11,13H2,(H,21,24)(H,22,25). The van der Waals surface area contributed by atoms with E-state index in [9.17, 15) is 14.7 Å². The Labute approximate surface area is 145 Å². The Morgan fingerprint density at radius 2 is 1.80 bits per heavy atom. The molecule has 0 saturated heterocycles. The maximum atomic E-state index is 12.4. The van der Waals surface area contributed by atoms with Crippen molar-refractivity contribution in [3.63, 3.8) is 0 Å². The van der Waals surface area contributed by atoms with Crippen LogP contribution in [-0.4, -0.2) is 22.6 Å². The van der Waals surface area contributed by atoms with Gasteiger partial charge in [0.15, 0.2) is 0 Å².